The van der Waals surface area contributed by atoms with Gasteiger partial charge in [-0.05, 0) is 43.3 Å². The number of hydrogen-bond donors (Lipinski definition) is 1. The Labute approximate surface area is 129 Å². The number of amides is 1. The number of nitrogens with one attached hydrogen (secondary N) is 1. The van der Waals surface area contributed by atoms with Crippen LogP contribution in [-0.2, 0) is 11.8 Å². The molecular weight excluding hydrogens is 276 g/mol. The molecule has 1 N–H and O–H groups in total. The minimum atomic E-state index is -0.171. The van der Waals surface area contributed by atoms with Gasteiger partial charge in [0.15, 0.2) is 6.61 Å². The van der Waals surface area contributed by atoms with Crippen molar-refractivity contribution in [1.82, 2.24) is 4.57 Å². The Morgan fingerprint density at radius 3 is 2.68 bits per heavy atom. The van der Waals surface area contributed by atoms with Gasteiger partial charge in [-0.2, -0.15) is 0 Å². The van der Waals surface area contributed by atoms with E-state index in [2.05, 4.69) is 5.32 Å². The number of ether oxygens (including phenoxy) is 1. The Bertz CT molecular complexity index is 804. The second-order valence-electron chi connectivity index (χ2n) is 5.35. The summed E-state index contributed by atoms with van der Waals surface area (Å²) >= 11 is 0. The van der Waals surface area contributed by atoms with Crippen LogP contribution in [-0.4, -0.2) is 17.1 Å². The summed E-state index contributed by atoms with van der Waals surface area (Å²) in [6.45, 7) is 2.01. The topological polar surface area (TPSA) is 43.3 Å². The van der Waals surface area contributed by atoms with E-state index >= 15 is 0 Å². The summed E-state index contributed by atoms with van der Waals surface area (Å²) in [6, 6.07) is 15.5. The standard InChI is InChI=1S/C18H18N2O2/c1-13-3-6-16(7-4-13)22-12-18(21)19-15-5-8-17-14(11-15)9-10-20(17)2/h3-11H,12H2,1-2H3,(H,19,21). The lowest BCUT2D eigenvalue weighted by Crippen LogP contribution is -2.20. The van der Waals surface area contributed by atoms with Gasteiger partial charge in [-0.15, -0.1) is 0 Å². The van der Waals surface area contributed by atoms with Crippen LogP contribution in [0.25, 0.3) is 10.9 Å². The molecule has 3 rings (SSSR count). The molecule has 3 aromatic rings. The molecule has 4 nitrogen and oxygen atoms in total. The number of rotatable bonds is 4. The second kappa shape index (κ2) is 5.93. The van der Waals surface area contributed by atoms with Crippen LogP contribution in [0.3, 0.4) is 0 Å². The second-order valence-corrected chi connectivity index (χ2v) is 5.35. The number of nitrogens with zero attached hydrogens (tertiary/aromatic N) is 1. The Morgan fingerprint density at radius 2 is 1.91 bits per heavy atom. The molecule has 0 bridgehead atoms. The fourth-order valence-corrected chi connectivity index (χ4v) is 2.34. The molecule has 1 aromatic heterocycles. The summed E-state index contributed by atoms with van der Waals surface area (Å²) in [7, 11) is 2.00. The van der Waals surface area contributed by atoms with Gasteiger partial charge in [-0.3, -0.25) is 4.79 Å². The number of benzene rings is 2. The fraction of sp³-hybridized carbons (Fsp3) is 0.167. The Hall–Kier alpha value is -2.75. The van der Waals surface area contributed by atoms with Crippen LogP contribution in [0.4, 0.5) is 5.69 Å². The van der Waals surface area contributed by atoms with E-state index in [1.807, 2.05) is 73.3 Å². The minimum Gasteiger partial charge on any atom is -0.484 e. The SMILES string of the molecule is Cc1ccc(OCC(=O)Nc2ccc3c(ccn3C)c2)cc1. The normalized spacial score (nSPS) is 10.6. The van der Waals surface area contributed by atoms with Gasteiger partial charge in [-0.25, -0.2) is 0 Å². The van der Waals surface area contributed by atoms with Gasteiger partial charge < -0.3 is 14.6 Å². The van der Waals surface area contributed by atoms with Crippen molar-refractivity contribution in [2.45, 2.75) is 6.92 Å². The first-order chi connectivity index (χ1) is 10.6. The molecule has 0 atom stereocenters. The van der Waals surface area contributed by atoms with Crippen LogP contribution in [0.2, 0.25) is 0 Å². The molecule has 0 radical (unpaired) electrons. The highest BCUT2D eigenvalue weighted by Gasteiger charge is 2.05. The summed E-state index contributed by atoms with van der Waals surface area (Å²) in [6.07, 6.45) is 2.00. The molecule has 1 amide bonds. The molecule has 0 aliphatic carbocycles. The largest absolute Gasteiger partial charge is 0.484 e. The van der Waals surface area contributed by atoms with Crippen molar-refractivity contribution in [2.24, 2.45) is 7.05 Å². The number of aromatic nitrogens is 1. The molecule has 0 saturated heterocycles. The highest BCUT2D eigenvalue weighted by Crippen LogP contribution is 2.19. The van der Waals surface area contributed by atoms with Crippen molar-refractivity contribution in [3.63, 3.8) is 0 Å². The molecule has 2 aromatic carbocycles. The van der Waals surface area contributed by atoms with Crippen molar-refractivity contribution in [2.75, 3.05) is 11.9 Å². The molecule has 22 heavy (non-hydrogen) atoms. The molecule has 1 heterocycles. The Balaban J connectivity index is 1.61. The molecule has 0 aliphatic rings. The van der Waals surface area contributed by atoms with E-state index in [1.54, 1.807) is 0 Å². The van der Waals surface area contributed by atoms with E-state index in [9.17, 15) is 4.79 Å². The lowest BCUT2D eigenvalue weighted by Gasteiger charge is -2.08. The lowest BCUT2D eigenvalue weighted by atomic mass is 10.2. The van der Waals surface area contributed by atoms with E-state index in [-0.39, 0.29) is 12.5 Å². The van der Waals surface area contributed by atoms with Crippen molar-refractivity contribution in [3.05, 3.63) is 60.3 Å². The average molecular weight is 294 g/mol. The number of aryl methyl sites for hydroxylation is 2. The molecule has 0 spiro atoms. The molecule has 0 saturated carbocycles. The highest BCUT2D eigenvalue weighted by molar-refractivity contribution is 5.94. The van der Waals surface area contributed by atoms with Gasteiger partial charge >= 0.3 is 0 Å². The maximum absolute atomic E-state index is 12.0. The van der Waals surface area contributed by atoms with Crippen molar-refractivity contribution < 1.29 is 9.53 Å². The van der Waals surface area contributed by atoms with Gasteiger partial charge in [-0.1, -0.05) is 17.7 Å². The van der Waals surface area contributed by atoms with Gasteiger partial charge in [0.1, 0.15) is 5.75 Å². The van der Waals surface area contributed by atoms with E-state index in [1.165, 1.54) is 0 Å². The van der Waals surface area contributed by atoms with Crippen LogP contribution in [0.15, 0.2) is 54.7 Å². The maximum atomic E-state index is 12.0. The first-order valence-corrected chi connectivity index (χ1v) is 7.16. The van der Waals surface area contributed by atoms with Crippen molar-refractivity contribution in [1.29, 1.82) is 0 Å². The molecule has 112 valence electrons. The van der Waals surface area contributed by atoms with Gasteiger partial charge in [0.25, 0.3) is 5.91 Å². The van der Waals surface area contributed by atoms with Gasteiger partial charge in [0, 0.05) is 29.8 Å². The zero-order chi connectivity index (χ0) is 15.5. The summed E-state index contributed by atoms with van der Waals surface area (Å²) in [5, 5.41) is 3.95. The monoisotopic (exact) mass is 294 g/mol. The van der Waals surface area contributed by atoms with Crippen LogP contribution < -0.4 is 10.1 Å². The minimum absolute atomic E-state index is 0.00408. The Morgan fingerprint density at radius 1 is 1.14 bits per heavy atom. The first kappa shape index (κ1) is 14.2. The number of carbonyl (C=O) groups is 1. The van der Waals surface area contributed by atoms with E-state index in [4.69, 9.17) is 4.74 Å². The Kier molecular flexibility index (Phi) is 3.83. The van der Waals surface area contributed by atoms with Gasteiger partial charge in [0.05, 0.1) is 0 Å². The van der Waals surface area contributed by atoms with Crippen LogP contribution in [0, 0.1) is 6.92 Å². The number of carbonyl (C=O) groups excluding carboxylic acids is 1. The van der Waals surface area contributed by atoms with Crippen LogP contribution in [0.1, 0.15) is 5.56 Å². The molecule has 0 aliphatic heterocycles. The predicted molar refractivity (Wildman–Crippen MR) is 88.2 cm³/mol. The zero-order valence-electron chi connectivity index (χ0n) is 12.7. The van der Waals surface area contributed by atoms with E-state index in [0.29, 0.717) is 5.75 Å². The molecular formula is C18H18N2O2. The van der Waals surface area contributed by atoms with Crippen LogP contribution in [0.5, 0.6) is 5.75 Å². The third-order valence-corrected chi connectivity index (χ3v) is 3.56. The third-order valence-electron chi connectivity index (χ3n) is 3.56. The number of hydrogen-bond acceptors (Lipinski definition) is 2. The summed E-state index contributed by atoms with van der Waals surface area (Å²) < 4.78 is 7.51. The maximum Gasteiger partial charge on any atom is 0.262 e. The summed E-state index contributed by atoms with van der Waals surface area (Å²) in [5.41, 5.74) is 3.07. The van der Waals surface area contributed by atoms with Crippen molar-refractivity contribution >= 4 is 22.5 Å². The smallest absolute Gasteiger partial charge is 0.262 e. The quantitative estimate of drug-likeness (QED) is 0.800. The third kappa shape index (κ3) is 3.11. The lowest BCUT2D eigenvalue weighted by molar-refractivity contribution is -0.118. The predicted octanol–water partition coefficient (Wildman–Crippen LogP) is 3.50. The number of anilines is 1. The zero-order valence-corrected chi connectivity index (χ0v) is 12.7. The van der Waals surface area contributed by atoms with E-state index in [0.717, 1.165) is 22.2 Å². The average Bonchev–Trinajstić information content (AvgIpc) is 2.88. The van der Waals surface area contributed by atoms with Gasteiger partial charge in [0.2, 0.25) is 0 Å². The van der Waals surface area contributed by atoms with Crippen molar-refractivity contribution in [3.8, 4) is 5.75 Å². The highest BCUT2D eigenvalue weighted by atomic mass is 16.5. The molecule has 0 fully saturated rings. The van der Waals surface area contributed by atoms with E-state index < -0.39 is 0 Å². The summed E-state index contributed by atoms with van der Waals surface area (Å²) in [4.78, 5) is 12.0. The fourth-order valence-electron chi connectivity index (χ4n) is 2.34. The molecule has 4 heteroatoms. The summed E-state index contributed by atoms with van der Waals surface area (Å²) in [5.74, 6) is 0.523. The van der Waals surface area contributed by atoms with Crippen LogP contribution >= 0.6 is 0 Å². The number of fused-ring (bicyclic) bond motifs is 1. The first-order valence-electron chi connectivity index (χ1n) is 7.16. The molecule has 0 unspecified atom stereocenters.